The van der Waals surface area contributed by atoms with E-state index < -0.39 is 0 Å². The maximum atomic E-state index is 13.1. The number of amides is 1. The zero-order valence-electron chi connectivity index (χ0n) is 14.0. The number of benzene rings is 1. The Balaban J connectivity index is 1.48. The van der Waals surface area contributed by atoms with Gasteiger partial charge in [-0.05, 0) is 43.7 Å². The van der Waals surface area contributed by atoms with E-state index in [-0.39, 0.29) is 6.04 Å². The Morgan fingerprint density at radius 1 is 1.00 bits per heavy atom. The lowest BCUT2D eigenvalue weighted by atomic mass is 9.82. The Hall–Kier alpha value is -1.35. The number of hydrogen-bond donors (Lipinski definition) is 0. The third-order valence-electron chi connectivity index (χ3n) is 6.09. The molecule has 0 N–H and O–H groups in total. The fourth-order valence-electron chi connectivity index (χ4n) is 4.87. The Labute approximate surface area is 139 Å². The molecular formula is C20H28N2O. The second-order valence-corrected chi connectivity index (χ2v) is 7.64. The second kappa shape index (κ2) is 6.64. The number of hydrogen-bond acceptors (Lipinski definition) is 2. The predicted octanol–water partition coefficient (Wildman–Crippen LogP) is 3.44. The Kier molecular flexibility index (Phi) is 4.39. The number of carbonyl (C=O) groups is 1. The third kappa shape index (κ3) is 3.16. The molecule has 0 unspecified atom stereocenters. The van der Waals surface area contributed by atoms with E-state index in [0.29, 0.717) is 17.9 Å². The average Bonchev–Trinajstić information content (AvgIpc) is 2.61. The van der Waals surface area contributed by atoms with E-state index in [9.17, 15) is 4.79 Å². The molecule has 23 heavy (non-hydrogen) atoms. The standard InChI is InChI=1S/C20H28N2O/c23-20-19-13-17(11-12-22(19)18-9-5-2-6-10-18)15-21(20)14-16-7-3-1-4-8-16/h1,3-4,7-8,17-19H,2,5-6,9-15H2/t17-,19+/m0/s1. The second-order valence-electron chi connectivity index (χ2n) is 7.64. The summed E-state index contributed by atoms with van der Waals surface area (Å²) < 4.78 is 0. The van der Waals surface area contributed by atoms with Crippen LogP contribution in [0.2, 0.25) is 0 Å². The van der Waals surface area contributed by atoms with Gasteiger partial charge in [-0.1, -0.05) is 49.6 Å². The molecule has 1 amide bonds. The summed E-state index contributed by atoms with van der Waals surface area (Å²) in [6.07, 6.45) is 9.04. The summed E-state index contributed by atoms with van der Waals surface area (Å²) in [6.45, 7) is 2.89. The molecule has 1 aromatic carbocycles. The first-order valence-electron chi connectivity index (χ1n) is 9.40. The van der Waals surface area contributed by atoms with Gasteiger partial charge >= 0.3 is 0 Å². The van der Waals surface area contributed by atoms with Crippen molar-refractivity contribution in [3.8, 4) is 0 Å². The summed E-state index contributed by atoms with van der Waals surface area (Å²) in [4.78, 5) is 17.8. The van der Waals surface area contributed by atoms with Crippen molar-refractivity contribution < 1.29 is 4.79 Å². The van der Waals surface area contributed by atoms with Crippen LogP contribution in [0.4, 0.5) is 0 Å². The van der Waals surface area contributed by atoms with E-state index in [1.165, 1.54) is 44.1 Å². The Bertz CT molecular complexity index is 538. The minimum Gasteiger partial charge on any atom is -0.337 e. The largest absolute Gasteiger partial charge is 0.337 e. The molecule has 124 valence electrons. The van der Waals surface area contributed by atoms with Crippen LogP contribution >= 0.6 is 0 Å². The van der Waals surface area contributed by atoms with Crippen molar-refractivity contribution in [2.75, 3.05) is 13.1 Å². The fraction of sp³-hybridized carbons (Fsp3) is 0.650. The van der Waals surface area contributed by atoms with Gasteiger partial charge in [0.1, 0.15) is 0 Å². The van der Waals surface area contributed by atoms with Crippen LogP contribution in [0.1, 0.15) is 50.5 Å². The molecule has 3 fully saturated rings. The number of likely N-dealkylation sites (tertiary alicyclic amines) is 2. The molecule has 2 heterocycles. The zero-order chi connectivity index (χ0) is 15.6. The third-order valence-corrected chi connectivity index (χ3v) is 6.09. The van der Waals surface area contributed by atoms with Crippen molar-refractivity contribution in [1.82, 2.24) is 9.80 Å². The van der Waals surface area contributed by atoms with Gasteiger partial charge in [0.05, 0.1) is 6.04 Å². The highest BCUT2D eigenvalue weighted by Gasteiger charge is 2.43. The number of nitrogens with zero attached hydrogens (tertiary/aromatic N) is 2. The molecule has 3 aliphatic rings. The molecule has 1 aromatic rings. The summed E-state index contributed by atoms with van der Waals surface area (Å²) >= 11 is 0. The molecule has 0 aromatic heterocycles. The van der Waals surface area contributed by atoms with Gasteiger partial charge in [-0.15, -0.1) is 0 Å². The number of fused-ring (bicyclic) bond motifs is 2. The first-order valence-corrected chi connectivity index (χ1v) is 9.40. The normalized spacial score (nSPS) is 29.7. The van der Waals surface area contributed by atoms with Gasteiger partial charge < -0.3 is 4.90 Å². The van der Waals surface area contributed by atoms with E-state index in [1.807, 2.05) is 6.07 Å². The van der Waals surface area contributed by atoms with Crippen LogP contribution in [0.5, 0.6) is 0 Å². The molecular weight excluding hydrogens is 284 g/mol. The summed E-state index contributed by atoms with van der Waals surface area (Å²) in [7, 11) is 0. The van der Waals surface area contributed by atoms with Crippen LogP contribution in [0.15, 0.2) is 30.3 Å². The van der Waals surface area contributed by atoms with Gasteiger partial charge in [0, 0.05) is 19.1 Å². The van der Waals surface area contributed by atoms with Gasteiger partial charge in [0.2, 0.25) is 5.91 Å². The van der Waals surface area contributed by atoms with Crippen molar-refractivity contribution in [2.24, 2.45) is 5.92 Å². The van der Waals surface area contributed by atoms with Crippen LogP contribution in [0.25, 0.3) is 0 Å². The van der Waals surface area contributed by atoms with Crippen LogP contribution in [-0.4, -0.2) is 40.9 Å². The summed E-state index contributed by atoms with van der Waals surface area (Å²) in [5, 5.41) is 0. The van der Waals surface area contributed by atoms with Gasteiger partial charge in [-0.25, -0.2) is 0 Å². The fourth-order valence-corrected chi connectivity index (χ4v) is 4.87. The van der Waals surface area contributed by atoms with E-state index in [0.717, 1.165) is 26.1 Å². The van der Waals surface area contributed by atoms with E-state index in [1.54, 1.807) is 0 Å². The first-order chi connectivity index (χ1) is 11.3. The van der Waals surface area contributed by atoms with E-state index in [2.05, 4.69) is 34.1 Å². The molecule has 2 atom stereocenters. The maximum Gasteiger partial charge on any atom is 0.240 e. The number of carbonyl (C=O) groups excluding carboxylic acids is 1. The molecule has 0 radical (unpaired) electrons. The highest BCUT2D eigenvalue weighted by molar-refractivity contribution is 5.83. The van der Waals surface area contributed by atoms with Crippen molar-refractivity contribution in [3.05, 3.63) is 35.9 Å². The topological polar surface area (TPSA) is 23.6 Å². The van der Waals surface area contributed by atoms with Crippen LogP contribution in [0.3, 0.4) is 0 Å². The Morgan fingerprint density at radius 2 is 1.78 bits per heavy atom. The number of piperidine rings is 2. The molecule has 1 aliphatic carbocycles. The molecule has 2 aliphatic heterocycles. The van der Waals surface area contributed by atoms with Crippen LogP contribution in [0, 0.1) is 5.92 Å². The van der Waals surface area contributed by atoms with Crippen LogP contribution < -0.4 is 0 Å². The molecule has 3 nitrogen and oxygen atoms in total. The molecule has 2 bridgehead atoms. The zero-order valence-corrected chi connectivity index (χ0v) is 14.0. The monoisotopic (exact) mass is 312 g/mol. The van der Waals surface area contributed by atoms with Crippen molar-refractivity contribution in [2.45, 2.75) is 63.6 Å². The SMILES string of the molecule is O=C1[C@H]2C[C@H](CCN2C2CCCCC2)CN1Cc1ccccc1. The smallest absolute Gasteiger partial charge is 0.240 e. The molecule has 2 saturated heterocycles. The summed E-state index contributed by atoms with van der Waals surface area (Å²) in [5.41, 5.74) is 1.25. The molecule has 1 saturated carbocycles. The first kappa shape index (κ1) is 15.2. The minimum atomic E-state index is 0.161. The van der Waals surface area contributed by atoms with Gasteiger partial charge in [-0.2, -0.15) is 0 Å². The predicted molar refractivity (Wildman–Crippen MR) is 92.0 cm³/mol. The lowest BCUT2D eigenvalue weighted by molar-refractivity contribution is -0.148. The molecule has 4 rings (SSSR count). The Morgan fingerprint density at radius 3 is 2.57 bits per heavy atom. The summed E-state index contributed by atoms with van der Waals surface area (Å²) in [6, 6.07) is 11.3. The highest BCUT2D eigenvalue weighted by atomic mass is 16.2. The van der Waals surface area contributed by atoms with E-state index in [4.69, 9.17) is 0 Å². The van der Waals surface area contributed by atoms with Gasteiger partial charge in [0.15, 0.2) is 0 Å². The quantitative estimate of drug-likeness (QED) is 0.853. The van der Waals surface area contributed by atoms with E-state index >= 15 is 0 Å². The van der Waals surface area contributed by atoms with Gasteiger partial charge in [-0.3, -0.25) is 9.69 Å². The average molecular weight is 312 g/mol. The van der Waals surface area contributed by atoms with Crippen molar-refractivity contribution in [3.63, 3.8) is 0 Å². The molecule has 0 spiro atoms. The lowest BCUT2D eigenvalue weighted by Gasteiger charge is -2.49. The van der Waals surface area contributed by atoms with Crippen molar-refractivity contribution >= 4 is 5.91 Å². The van der Waals surface area contributed by atoms with Crippen molar-refractivity contribution in [1.29, 1.82) is 0 Å². The van der Waals surface area contributed by atoms with Crippen LogP contribution in [-0.2, 0) is 11.3 Å². The summed E-state index contributed by atoms with van der Waals surface area (Å²) in [5.74, 6) is 1.09. The minimum absolute atomic E-state index is 0.161. The number of rotatable bonds is 3. The van der Waals surface area contributed by atoms with Gasteiger partial charge in [0.25, 0.3) is 0 Å². The maximum absolute atomic E-state index is 13.1. The highest BCUT2D eigenvalue weighted by Crippen LogP contribution is 2.35. The lowest BCUT2D eigenvalue weighted by Crippen LogP contribution is -2.61. The molecule has 3 heteroatoms.